The summed E-state index contributed by atoms with van der Waals surface area (Å²) in [6.45, 7) is 7.74. The summed E-state index contributed by atoms with van der Waals surface area (Å²) in [5.41, 5.74) is 2.57. The van der Waals surface area contributed by atoms with Crippen molar-refractivity contribution in [3.05, 3.63) is 60.2 Å². The van der Waals surface area contributed by atoms with Gasteiger partial charge in [0.2, 0.25) is 5.91 Å². The highest BCUT2D eigenvalue weighted by Gasteiger charge is 2.45. The van der Waals surface area contributed by atoms with Crippen LogP contribution in [0.25, 0.3) is 0 Å². The molecule has 1 fully saturated rings. The molecule has 29 heavy (non-hydrogen) atoms. The summed E-state index contributed by atoms with van der Waals surface area (Å²) >= 11 is 0. The summed E-state index contributed by atoms with van der Waals surface area (Å²) in [6.07, 6.45) is 2.32. The van der Waals surface area contributed by atoms with Gasteiger partial charge in [-0.2, -0.15) is 0 Å². The van der Waals surface area contributed by atoms with Gasteiger partial charge in [0.25, 0.3) is 0 Å². The first kappa shape index (κ1) is 19.5. The number of carbonyl (C=O) groups excluding carboxylic acids is 1. The average Bonchev–Trinajstić information content (AvgIpc) is 2.68. The second-order valence-electron chi connectivity index (χ2n) is 9.09. The Morgan fingerprint density at radius 3 is 2.48 bits per heavy atom. The number of fused-ring (bicyclic) bond motifs is 1. The second-order valence-corrected chi connectivity index (χ2v) is 9.09. The molecule has 0 saturated carbocycles. The number of nitrogens with zero attached hydrogens (tertiary/aromatic N) is 2. The SMILES string of the molecule is CC(C)(C)N=C1Nc2ccccc2NC12CCCN(C(=O)Cc1ccccc1)C2. The number of piperidine rings is 1. The van der Waals surface area contributed by atoms with Crippen LogP contribution in [0.4, 0.5) is 11.4 Å². The maximum Gasteiger partial charge on any atom is 0.227 e. The Bertz CT molecular complexity index is 916. The lowest BCUT2D eigenvalue weighted by molar-refractivity contribution is -0.131. The number of amidine groups is 1. The highest BCUT2D eigenvalue weighted by molar-refractivity contribution is 6.10. The smallest absolute Gasteiger partial charge is 0.227 e. The summed E-state index contributed by atoms with van der Waals surface area (Å²) in [6, 6.07) is 18.2. The normalized spacial score (nSPS) is 22.7. The minimum atomic E-state index is -0.383. The molecule has 1 amide bonds. The molecule has 0 aliphatic carbocycles. The lowest BCUT2D eigenvalue weighted by atomic mass is 9.84. The molecule has 1 unspecified atom stereocenters. The first-order valence-electron chi connectivity index (χ1n) is 10.4. The quantitative estimate of drug-likeness (QED) is 0.803. The van der Waals surface area contributed by atoms with Gasteiger partial charge < -0.3 is 15.5 Å². The van der Waals surface area contributed by atoms with E-state index in [0.717, 1.165) is 42.2 Å². The molecule has 2 heterocycles. The highest BCUT2D eigenvalue weighted by Crippen LogP contribution is 2.37. The van der Waals surface area contributed by atoms with Crippen molar-refractivity contribution in [2.45, 2.75) is 51.1 Å². The first-order chi connectivity index (χ1) is 13.8. The molecule has 1 saturated heterocycles. The van der Waals surface area contributed by atoms with E-state index in [2.05, 4.69) is 43.5 Å². The van der Waals surface area contributed by atoms with Crippen LogP contribution < -0.4 is 10.6 Å². The van der Waals surface area contributed by atoms with Crippen molar-refractivity contribution in [1.29, 1.82) is 0 Å². The third-order valence-electron chi connectivity index (χ3n) is 5.50. The molecular weight excluding hydrogens is 360 g/mol. The van der Waals surface area contributed by atoms with Crippen molar-refractivity contribution < 1.29 is 4.79 Å². The largest absolute Gasteiger partial charge is 0.370 e. The second kappa shape index (κ2) is 7.54. The minimum absolute atomic E-state index is 0.172. The van der Waals surface area contributed by atoms with Gasteiger partial charge >= 0.3 is 0 Å². The zero-order valence-corrected chi connectivity index (χ0v) is 17.5. The van der Waals surface area contributed by atoms with Crippen LogP contribution in [0.15, 0.2) is 59.6 Å². The number of hydrogen-bond acceptors (Lipinski definition) is 3. The van der Waals surface area contributed by atoms with Gasteiger partial charge in [-0.25, -0.2) is 0 Å². The van der Waals surface area contributed by atoms with E-state index in [4.69, 9.17) is 4.99 Å². The Kier molecular flexibility index (Phi) is 5.07. The highest BCUT2D eigenvalue weighted by atomic mass is 16.2. The van der Waals surface area contributed by atoms with Crippen molar-refractivity contribution in [1.82, 2.24) is 4.90 Å². The molecule has 2 aliphatic heterocycles. The average molecular weight is 391 g/mol. The predicted molar refractivity (Wildman–Crippen MR) is 120 cm³/mol. The first-order valence-corrected chi connectivity index (χ1v) is 10.4. The maximum atomic E-state index is 13.1. The number of rotatable bonds is 2. The Hall–Kier alpha value is -2.82. The van der Waals surface area contributed by atoms with Gasteiger partial charge in [-0.05, 0) is 51.3 Å². The number of amides is 1. The molecule has 2 aromatic carbocycles. The van der Waals surface area contributed by atoms with E-state index in [0.29, 0.717) is 13.0 Å². The van der Waals surface area contributed by atoms with Gasteiger partial charge in [0.1, 0.15) is 11.4 Å². The van der Waals surface area contributed by atoms with Crippen LogP contribution in [0.5, 0.6) is 0 Å². The monoisotopic (exact) mass is 390 g/mol. The van der Waals surface area contributed by atoms with E-state index in [-0.39, 0.29) is 17.0 Å². The van der Waals surface area contributed by atoms with E-state index < -0.39 is 0 Å². The summed E-state index contributed by atoms with van der Waals surface area (Å²) in [5.74, 6) is 1.10. The number of nitrogens with one attached hydrogen (secondary N) is 2. The molecule has 1 spiro atoms. The van der Waals surface area contributed by atoms with Crippen molar-refractivity contribution in [3.8, 4) is 0 Å². The van der Waals surface area contributed by atoms with Gasteiger partial charge in [0.15, 0.2) is 0 Å². The Balaban J connectivity index is 1.63. The van der Waals surface area contributed by atoms with Gasteiger partial charge in [0.05, 0.1) is 29.9 Å². The third kappa shape index (κ3) is 4.29. The van der Waals surface area contributed by atoms with Gasteiger partial charge in [-0.1, -0.05) is 42.5 Å². The van der Waals surface area contributed by atoms with E-state index in [1.165, 1.54) is 0 Å². The lowest BCUT2D eigenvalue weighted by Crippen LogP contribution is -2.63. The zero-order chi connectivity index (χ0) is 20.5. The standard InChI is InChI=1S/C24H30N4O/c1-23(2,3)27-22-24(26-20-13-8-7-12-19(20)25-22)14-9-15-28(17-24)21(29)16-18-10-5-4-6-11-18/h4-8,10-13,26H,9,14-17H2,1-3H3,(H,25,27). The molecule has 0 bridgehead atoms. The number of hydrogen-bond donors (Lipinski definition) is 2. The topological polar surface area (TPSA) is 56.7 Å². The van der Waals surface area contributed by atoms with Crippen LogP contribution >= 0.6 is 0 Å². The zero-order valence-electron chi connectivity index (χ0n) is 17.5. The number of benzene rings is 2. The number of carbonyl (C=O) groups is 1. The molecule has 4 rings (SSSR count). The van der Waals surface area contributed by atoms with Crippen molar-refractivity contribution in [2.24, 2.45) is 4.99 Å². The summed E-state index contributed by atoms with van der Waals surface area (Å²) in [7, 11) is 0. The lowest BCUT2D eigenvalue weighted by Gasteiger charge is -2.48. The van der Waals surface area contributed by atoms with Crippen molar-refractivity contribution in [2.75, 3.05) is 23.7 Å². The van der Waals surface area contributed by atoms with Crippen LogP contribution in [0.1, 0.15) is 39.2 Å². The molecule has 152 valence electrons. The van der Waals surface area contributed by atoms with Crippen LogP contribution in [0.3, 0.4) is 0 Å². The van der Waals surface area contributed by atoms with Gasteiger partial charge in [0, 0.05) is 6.54 Å². The fourth-order valence-electron chi connectivity index (χ4n) is 4.18. The predicted octanol–water partition coefficient (Wildman–Crippen LogP) is 4.32. The van der Waals surface area contributed by atoms with E-state index in [1.54, 1.807) is 0 Å². The van der Waals surface area contributed by atoms with Crippen LogP contribution in [-0.2, 0) is 11.2 Å². The van der Waals surface area contributed by atoms with Crippen LogP contribution in [0, 0.1) is 0 Å². The molecule has 1 atom stereocenters. The minimum Gasteiger partial charge on any atom is -0.370 e. The summed E-state index contributed by atoms with van der Waals surface area (Å²) < 4.78 is 0. The van der Waals surface area contributed by atoms with Crippen molar-refractivity contribution in [3.63, 3.8) is 0 Å². The molecule has 0 radical (unpaired) electrons. The molecule has 2 aromatic rings. The van der Waals surface area contributed by atoms with Crippen molar-refractivity contribution >= 4 is 23.1 Å². The summed E-state index contributed by atoms with van der Waals surface area (Å²) in [4.78, 5) is 20.1. The molecule has 5 heteroatoms. The van der Waals surface area contributed by atoms with E-state index >= 15 is 0 Å². The van der Waals surface area contributed by atoms with E-state index in [1.807, 2.05) is 47.4 Å². The maximum absolute atomic E-state index is 13.1. The number of para-hydroxylation sites is 2. The third-order valence-corrected chi connectivity index (χ3v) is 5.50. The fourth-order valence-corrected chi connectivity index (χ4v) is 4.18. The number of likely N-dealkylation sites (tertiary alicyclic amines) is 1. The number of aliphatic imine (C=N–C) groups is 1. The Morgan fingerprint density at radius 2 is 1.76 bits per heavy atom. The summed E-state index contributed by atoms with van der Waals surface area (Å²) in [5, 5.41) is 7.32. The Labute approximate surface area is 173 Å². The van der Waals surface area contributed by atoms with E-state index in [9.17, 15) is 4.79 Å². The molecular formula is C24H30N4O. The fraction of sp³-hybridized carbons (Fsp3) is 0.417. The Morgan fingerprint density at radius 1 is 1.07 bits per heavy atom. The molecule has 2 N–H and O–H groups in total. The van der Waals surface area contributed by atoms with Gasteiger partial charge in [-0.15, -0.1) is 0 Å². The molecule has 0 aromatic heterocycles. The number of anilines is 2. The molecule has 2 aliphatic rings. The van der Waals surface area contributed by atoms with Crippen LogP contribution in [-0.4, -0.2) is 40.8 Å². The van der Waals surface area contributed by atoms with Gasteiger partial charge in [-0.3, -0.25) is 9.79 Å². The molecule has 5 nitrogen and oxygen atoms in total. The van der Waals surface area contributed by atoms with Crippen LogP contribution in [0.2, 0.25) is 0 Å².